The van der Waals surface area contributed by atoms with Crippen LogP contribution in [-0.2, 0) is 0 Å². The second-order valence-electron chi connectivity index (χ2n) is 5.44. The van der Waals surface area contributed by atoms with Crippen LogP contribution in [0.4, 0.5) is 11.5 Å². The Morgan fingerprint density at radius 2 is 1.33 bits per heavy atom. The minimum atomic E-state index is 0.757. The maximum Gasteiger partial charge on any atom is 0.161 e. The quantitative estimate of drug-likeness (QED) is 0.491. The molecule has 0 radical (unpaired) electrons. The summed E-state index contributed by atoms with van der Waals surface area (Å²) in [5.41, 5.74) is 2.94. The fraction of sp³-hybridized carbons (Fsp3) is 0. The second-order valence-corrected chi connectivity index (χ2v) is 6.36. The monoisotopic (exact) mass is 375 g/mol. The Balaban J connectivity index is 1.82. The van der Waals surface area contributed by atoms with Gasteiger partial charge in [0.05, 0.1) is 0 Å². The number of rotatable bonds is 3. The number of nitrogens with zero attached hydrogens (tertiary/aromatic N) is 2. The SMILES string of the molecule is Brc1ccc(Nc2nnc(-c3ccccc3)c3ccccc23)cc1. The van der Waals surface area contributed by atoms with Crippen LogP contribution < -0.4 is 5.32 Å². The Bertz CT molecular complexity index is 983. The number of nitrogens with one attached hydrogen (secondary N) is 1. The fourth-order valence-electron chi connectivity index (χ4n) is 2.68. The molecule has 0 saturated carbocycles. The second kappa shape index (κ2) is 6.42. The van der Waals surface area contributed by atoms with Crippen molar-refractivity contribution in [2.45, 2.75) is 0 Å². The summed E-state index contributed by atoms with van der Waals surface area (Å²) in [6.45, 7) is 0. The highest BCUT2D eigenvalue weighted by atomic mass is 79.9. The van der Waals surface area contributed by atoms with Crippen molar-refractivity contribution in [2.75, 3.05) is 5.32 Å². The normalized spacial score (nSPS) is 10.7. The molecule has 1 aromatic heterocycles. The molecule has 1 N–H and O–H groups in total. The van der Waals surface area contributed by atoms with Gasteiger partial charge in [-0.2, -0.15) is 0 Å². The van der Waals surface area contributed by atoms with Crippen molar-refractivity contribution >= 4 is 38.2 Å². The minimum Gasteiger partial charge on any atom is -0.338 e. The molecule has 0 fully saturated rings. The molecule has 0 aliphatic carbocycles. The zero-order chi connectivity index (χ0) is 16.4. The molecular weight excluding hydrogens is 362 g/mol. The summed E-state index contributed by atoms with van der Waals surface area (Å²) in [6, 6.07) is 26.3. The molecule has 0 bridgehead atoms. The molecule has 4 rings (SSSR count). The predicted molar refractivity (Wildman–Crippen MR) is 102 cm³/mol. The molecule has 0 aliphatic rings. The third-order valence-electron chi connectivity index (χ3n) is 3.84. The van der Waals surface area contributed by atoms with Crippen LogP contribution in [0.2, 0.25) is 0 Å². The fourth-order valence-corrected chi connectivity index (χ4v) is 2.94. The summed E-state index contributed by atoms with van der Waals surface area (Å²) in [5.74, 6) is 0.757. The van der Waals surface area contributed by atoms with E-state index in [1.165, 1.54) is 0 Å². The van der Waals surface area contributed by atoms with E-state index in [-0.39, 0.29) is 0 Å². The van der Waals surface area contributed by atoms with Gasteiger partial charge in [0.25, 0.3) is 0 Å². The molecule has 0 aliphatic heterocycles. The molecular formula is C20H14BrN3. The molecule has 116 valence electrons. The first-order chi connectivity index (χ1) is 11.8. The average Bonchev–Trinajstić information content (AvgIpc) is 2.64. The zero-order valence-corrected chi connectivity index (χ0v) is 14.4. The molecule has 1 heterocycles. The summed E-state index contributed by atoms with van der Waals surface area (Å²) < 4.78 is 1.04. The molecule has 3 nitrogen and oxygen atoms in total. The molecule has 0 amide bonds. The van der Waals surface area contributed by atoms with Crippen molar-refractivity contribution in [3.05, 3.63) is 83.3 Å². The summed E-state index contributed by atoms with van der Waals surface area (Å²) in [7, 11) is 0. The Morgan fingerprint density at radius 3 is 2.08 bits per heavy atom. The molecule has 24 heavy (non-hydrogen) atoms. The summed E-state index contributed by atoms with van der Waals surface area (Å²) in [6.07, 6.45) is 0. The van der Waals surface area contributed by atoms with Gasteiger partial charge in [-0.25, -0.2) is 0 Å². The molecule has 0 unspecified atom stereocenters. The van der Waals surface area contributed by atoms with E-state index in [2.05, 4.69) is 55.7 Å². The van der Waals surface area contributed by atoms with Crippen LogP contribution in [0.25, 0.3) is 22.0 Å². The lowest BCUT2D eigenvalue weighted by Gasteiger charge is -2.11. The number of hydrogen-bond acceptors (Lipinski definition) is 3. The third kappa shape index (κ3) is 2.88. The van der Waals surface area contributed by atoms with E-state index in [0.717, 1.165) is 38.0 Å². The summed E-state index contributed by atoms with van der Waals surface area (Å²) >= 11 is 3.45. The minimum absolute atomic E-state index is 0.757. The average molecular weight is 376 g/mol. The van der Waals surface area contributed by atoms with E-state index in [9.17, 15) is 0 Å². The molecule has 0 atom stereocenters. The molecule has 3 aromatic carbocycles. The highest BCUT2D eigenvalue weighted by Gasteiger charge is 2.10. The van der Waals surface area contributed by atoms with Gasteiger partial charge in [-0.15, -0.1) is 10.2 Å². The lowest BCUT2D eigenvalue weighted by molar-refractivity contribution is 1.06. The van der Waals surface area contributed by atoms with Crippen LogP contribution in [-0.4, -0.2) is 10.2 Å². The van der Waals surface area contributed by atoms with Gasteiger partial charge >= 0.3 is 0 Å². The van der Waals surface area contributed by atoms with Crippen LogP contribution in [0.3, 0.4) is 0 Å². The van der Waals surface area contributed by atoms with Crippen molar-refractivity contribution in [3.63, 3.8) is 0 Å². The summed E-state index contributed by atoms with van der Waals surface area (Å²) in [5, 5.41) is 14.4. The number of anilines is 2. The third-order valence-corrected chi connectivity index (χ3v) is 4.37. The lowest BCUT2D eigenvalue weighted by atomic mass is 10.0. The van der Waals surface area contributed by atoms with E-state index in [0.29, 0.717) is 0 Å². The Hall–Kier alpha value is -2.72. The van der Waals surface area contributed by atoms with E-state index in [1.807, 2.05) is 54.6 Å². The van der Waals surface area contributed by atoms with Crippen LogP contribution in [0.5, 0.6) is 0 Å². The molecule has 0 saturated heterocycles. The van der Waals surface area contributed by atoms with E-state index < -0.39 is 0 Å². The number of halogens is 1. The molecule has 4 heteroatoms. The summed E-state index contributed by atoms with van der Waals surface area (Å²) in [4.78, 5) is 0. The first kappa shape index (κ1) is 14.8. The van der Waals surface area contributed by atoms with E-state index in [1.54, 1.807) is 0 Å². The standard InChI is InChI=1S/C20H14BrN3/c21-15-10-12-16(13-11-15)22-20-18-9-5-4-8-17(18)19(23-24-20)14-6-2-1-3-7-14/h1-13H,(H,22,24). The molecule has 0 spiro atoms. The van der Waals surface area contributed by atoms with Gasteiger partial charge in [0.1, 0.15) is 5.69 Å². The molecule has 4 aromatic rings. The van der Waals surface area contributed by atoms with Gasteiger partial charge in [0.2, 0.25) is 0 Å². The smallest absolute Gasteiger partial charge is 0.161 e. The number of benzene rings is 3. The van der Waals surface area contributed by atoms with Crippen LogP contribution in [0, 0.1) is 0 Å². The highest BCUT2D eigenvalue weighted by molar-refractivity contribution is 9.10. The number of fused-ring (bicyclic) bond motifs is 1. The first-order valence-electron chi connectivity index (χ1n) is 7.65. The maximum absolute atomic E-state index is 4.47. The van der Waals surface area contributed by atoms with Gasteiger partial charge in [-0.05, 0) is 24.3 Å². The largest absolute Gasteiger partial charge is 0.338 e. The Morgan fingerprint density at radius 1 is 0.667 bits per heavy atom. The van der Waals surface area contributed by atoms with Gasteiger partial charge in [-0.3, -0.25) is 0 Å². The maximum atomic E-state index is 4.47. The van der Waals surface area contributed by atoms with Crippen LogP contribution in [0.15, 0.2) is 83.3 Å². The van der Waals surface area contributed by atoms with Crippen molar-refractivity contribution in [1.82, 2.24) is 10.2 Å². The van der Waals surface area contributed by atoms with Crippen LogP contribution in [0.1, 0.15) is 0 Å². The Labute approximate surface area is 148 Å². The highest BCUT2D eigenvalue weighted by Crippen LogP contribution is 2.31. The van der Waals surface area contributed by atoms with Gasteiger partial charge in [-0.1, -0.05) is 70.5 Å². The Kier molecular flexibility index (Phi) is 3.97. The van der Waals surface area contributed by atoms with Crippen LogP contribution >= 0.6 is 15.9 Å². The number of hydrogen-bond donors (Lipinski definition) is 1. The predicted octanol–water partition coefficient (Wildman–Crippen LogP) is 5.80. The van der Waals surface area contributed by atoms with Crippen molar-refractivity contribution in [2.24, 2.45) is 0 Å². The van der Waals surface area contributed by atoms with Gasteiger partial charge in [0, 0.05) is 26.5 Å². The lowest BCUT2D eigenvalue weighted by Crippen LogP contribution is -1.99. The number of aromatic nitrogens is 2. The van der Waals surface area contributed by atoms with E-state index in [4.69, 9.17) is 0 Å². The van der Waals surface area contributed by atoms with Gasteiger partial charge in [0.15, 0.2) is 5.82 Å². The van der Waals surface area contributed by atoms with E-state index >= 15 is 0 Å². The van der Waals surface area contributed by atoms with Crippen molar-refractivity contribution in [3.8, 4) is 11.3 Å². The first-order valence-corrected chi connectivity index (χ1v) is 8.44. The topological polar surface area (TPSA) is 37.8 Å². The van der Waals surface area contributed by atoms with Crippen molar-refractivity contribution < 1.29 is 0 Å². The van der Waals surface area contributed by atoms with Gasteiger partial charge < -0.3 is 5.32 Å². The zero-order valence-electron chi connectivity index (χ0n) is 12.8. The van der Waals surface area contributed by atoms with Crippen molar-refractivity contribution in [1.29, 1.82) is 0 Å².